The molecule has 2 unspecified atom stereocenters. The standard InChI is InChI=1S/C14H16Cl2F2N4O.C13H15ClF2N4O4/c1-4-7-13(3,5-2)14(17,18)11(23-7)22-6-19-8-9(15)20-12(16)21-10(8)22;1-12(4-22)6(3-21)24-10(13(12,15)16)20-5-17-7-8(20)18-11(14)19-9(7)23-2/h6-7,11H,4-5H2,1-3H3;5-6,10,21-22H,3-4H2,1-2H3/t7-,11-,13?;6-,10-,12?/m11/s1. The van der Waals surface area contributed by atoms with Crippen LogP contribution >= 0.6 is 34.8 Å². The molecule has 0 saturated carbocycles. The molecule has 0 amide bonds. The number of halogens is 7. The summed E-state index contributed by atoms with van der Waals surface area (Å²) in [6.07, 6.45) is -2.05. The van der Waals surface area contributed by atoms with Crippen LogP contribution in [-0.4, -0.2) is 93.6 Å². The molecule has 13 nitrogen and oxygen atoms in total. The Kier molecular flexibility index (Phi) is 9.59. The van der Waals surface area contributed by atoms with Gasteiger partial charge in [-0.15, -0.1) is 0 Å². The molecular formula is C27H31Cl3F4N8O5. The fourth-order valence-corrected chi connectivity index (χ4v) is 6.50. The molecule has 4 aromatic heterocycles. The van der Waals surface area contributed by atoms with Gasteiger partial charge in [-0.2, -0.15) is 15.0 Å². The first-order valence-corrected chi connectivity index (χ1v) is 15.5. The van der Waals surface area contributed by atoms with Crippen LogP contribution in [0.25, 0.3) is 22.3 Å². The number of rotatable bonds is 7. The van der Waals surface area contributed by atoms with Crippen molar-refractivity contribution in [1.82, 2.24) is 39.0 Å². The van der Waals surface area contributed by atoms with E-state index < -0.39 is 60.6 Å². The fraction of sp³-hybridized carbons (Fsp3) is 0.630. The number of imidazole rings is 2. The first kappa shape index (κ1) is 35.6. The van der Waals surface area contributed by atoms with Crippen molar-refractivity contribution in [1.29, 1.82) is 0 Å². The molecule has 2 N–H and O–H groups in total. The van der Waals surface area contributed by atoms with E-state index in [0.29, 0.717) is 6.42 Å². The summed E-state index contributed by atoms with van der Waals surface area (Å²) in [5, 5.41) is 18.5. The number of alkyl halides is 4. The van der Waals surface area contributed by atoms with Gasteiger partial charge in [-0.1, -0.05) is 32.4 Å². The minimum atomic E-state index is -3.51. The largest absolute Gasteiger partial charge is 0.479 e. The second-order valence-electron chi connectivity index (χ2n) is 11.6. The molecule has 0 radical (unpaired) electrons. The Labute approximate surface area is 280 Å². The summed E-state index contributed by atoms with van der Waals surface area (Å²) in [6, 6.07) is 0. The summed E-state index contributed by atoms with van der Waals surface area (Å²) < 4.78 is 78.3. The first-order valence-electron chi connectivity index (χ1n) is 14.3. The van der Waals surface area contributed by atoms with Crippen LogP contribution in [0.1, 0.15) is 53.0 Å². The van der Waals surface area contributed by atoms with Crippen LogP contribution in [0.4, 0.5) is 17.6 Å². The maximum atomic E-state index is 15.1. The predicted molar refractivity (Wildman–Crippen MR) is 161 cm³/mol. The molecule has 0 spiro atoms. The molecule has 20 heteroatoms. The lowest BCUT2D eigenvalue weighted by Gasteiger charge is -2.33. The van der Waals surface area contributed by atoms with Gasteiger partial charge in [-0.3, -0.25) is 9.13 Å². The van der Waals surface area contributed by atoms with E-state index in [0.717, 1.165) is 17.8 Å². The number of fused-ring (bicyclic) bond motifs is 2. The lowest BCUT2D eigenvalue weighted by molar-refractivity contribution is -0.152. The van der Waals surface area contributed by atoms with Gasteiger partial charge in [-0.05, 0) is 43.0 Å². The van der Waals surface area contributed by atoms with Crippen LogP contribution < -0.4 is 4.74 Å². The molecule has 2 aliphatic heterocycles. The van der Waals surface area contributed by atoms with Gasteiger partial charge in [0, 0.05) is 0 Å². The van der Waals surface area contributed by atoms with Gasteiger partial charge < -0.3 is 24.4 Å². The average molecular weight is 730 g/mol. The zero-order valence-corrected chi connectivity index (χ0v) is 27.9. The number of ether oxygens (including phenoxy) is 3. The van der Waals surface area contributed by atoms with Crippen LogP contribution in [0.2, 0.25) is 15.7 Å². The molecule has 2 aliphatic rings. The Morgan fingerprint density at radius 2 is 1.32 bits per heavy atom. The number of nitrogens with zero attached hydrogens (tertiary/aromatic N) is 8. The van der Waals surface area contributed by atoms with Crippen molar-refractivity contribution >= 4 is 57.1 Å². The topological polar surface area (TPSA) is 155 Å². The fourth-order valence-electron chi connectivity index (χ4n) is 5.93. The SMILES string of the molecule is CC[C@H]1O[C@@H](n2cnc3c(Cl)nc(Cl)nc32)C(F)(F)C1(C)CC.COc1nc(Cl)nc2c1ncn2[C@@H]1O[C@H](CO)C(C)(CO)C1(F)F. The molecular weight excluding hydrogens is 699 g/mol. The van der Waals surface area contributed by atoms with Gasteiger partial charge in [0.1, 0.15) is 5.52 Å². The maximum Gasteiger partial charge on any atom is 0.302 e. The summed E-state index contributed by atoms with van der Waals surface area (Å²) in [5.41, 5.74) is -2.76. The number of aliphatic hydroxyl groups is 2. The van der Waals surface area contributed by atoms with E-state index in [9.17, 15) is 19.0 Å². The van der Waals surface area contributed by atoms with E-state index in [1.54, 1.807) is 13.8 Å². The monoisotopic (exact) mass is 728 g/mol. The predicted octanol–water partition coefficient (Wildman–Crippen LogP) is 5.50. The summed E-state index contributed by atoms with van der Waals surface area (Å²) >= 11 is 17.5. The minimum absolute atomic E-state index is 0.00426. The molecule has 0 aromatic carbocycles. The molecule has 6 atom stereocenters. The Hall–Kier alpha value is -2.67. The van der Waals surface area contributed by atoms with Gasteiger partial charge >= 0.3 is 5.92 Å². The van der Waals surface area contributed by atoms with Gasteiger partial charge in [0.25, 0.3) is 5.92 Å². The van der Waals surface area contributed by atoms with Crippen molar-refractivity contribution in [3.8, 4) is 5.88 Å². The number of aromatic nitrogens is 8. The normalized spacial score (nSPS) is 29.7. The van der Waals surface area contributed by atoms with E-state index in [1.807, 2.05) is 6.92 Å². The number of hydrogen-bond acceptors (Lipinski definition) is 11. The van der Waals surface area contributed by atoms with Crippen molar-refractivity contribution in [3.63, 3.8) is 0 Å². The van der Waals surface area contributed by atoms with Gasteiger partial charge in [0.15, 0.2) is 22.0 Å². The third kappa shape index (κ3) is 5.38. The highest BCUT2D eigenvalue weighted by Gasteiger charge is 2.68. The first-order chi connectivity index (χ1) is 22.1. The van der Waals surface area contributed by atoms with E-state index in [1.165, 1.54) is 18.0 Å². The van der Waals surface area contributed by atoms with Crippen LogP contribution in [0, 0.1) is 10.8 Å². The van der Waals surface area contributed by atoms with Crippen LogP contribution in [-0.2, 0) is 9.47 Å². The molecule has 0 bridgehead atoms. The van der Waals surface area contributed by atoms with E-state index >= 15 is 8.78 Å². The van der Waals surface area contributed by atoms with Crippen LogP contribution in [0.15, 0.2) is 12.7 Å². The average Bonchev–Trinajstić information content (AvgIpc) is 3.74. The number of methoxy groups -OCH3 is 1. The molecule has 2 saturated heterocycles. The minimum Gasteiger partial charge on any atom is -0.479 e. The second kappa shape index (κ2) is 12.7. The highest BCUT2D eigenvalue weighted by Crippen LogP contribution is 2.58. The molecule has 258 valence electrons. The Bertz CT molecular complexity index is 1780. The third-order valence-corrected chi connectivity index (χ3v) is 9.76. The molecule has 6 rings (SSSR count). The molecule has 2 fully saturated rings. The maximum absolute atomic E-state index is 15.1. The van der Waals surface area contributed by atoms with E-state index in [-0.39, 0.29) is 50.3 Å². The Balaban J connectivity index is 0.000000185. The lowest BCUT2D eigenvalue weighted by atomic mass is 9.76. The summed E-state index contributed by atoms with van der Waals surface area (Å²) in [7, 11) is 1.34. The van der Waals surface area contributed by atoms with Crippen molar-refractivity contribution in [3.05, 3.63) is 28.4 Å². The van der Waals surface area contributed by atoms with Crippen molar-refractivity contribution in [2.24, 2.45) is 10.8 Å². The zero-order valence-electron chi connectivity index (χ0n) is 25.6. The Morgan fingerprint density at radius 3 is 1.79 bits per heavy atom. The summed E-state index contributed by atoms with van der Waals surface area (Å²) in [5.74, 6) is -6.57. The van der Waals surface area contributed by atoms with Gasteiger partial charge in [0.05, 0.1) is 56.0 Å². The highest BCUT2D eigenvalue weighted by atomic mass is 35.5. The molecule has 0 aliphatic carbocycles. The number of aliphatic hydroxyl groups excluding tert-OH is 2. The highest BCUT2D eigenvalue weighted by molar-refractivity contribution is 6.35. The van der Waals surface area contributed by atoms with Crippen LogP contribution in [0.5, 0.6) is 5.88 Å². The summed E-state index contributed by atoms with van der Waals surface area (Å²) in [4.78, 5) is 23.5. The van der Waals surface area contributed by atoms with Crippen molar-refractivity contribution < 1.29 is 42.0 Å². The number of hydrogen-bond donors (Lipinski definition) is 2. The van der Waals surface area contributed by atoms with Crippen molar-refractivity contribution in [2.45, 2.75) is 77.0 Å². The molecule has 6 heterocycles. The Morgan fingerprint density at radius 1 is 0.809 bits per heavy atom. The smallest absolute Gasteiger partial charge is 0.302 e. The van der Waals surface area contributed by atoms with Crippen LogP contribution in [0.3, 0.4) is 0 Å². The zero-order chi connectivity index (χ0) is 34.7. The molecule has 4 aromatic rings. The summed E-state index contributed by atoms with van der Waals surface area (Å²) in [6.45, 7) is 4.73. The van der Waals surface area contributed by atoms with Gasteiger partial charge in [0.2, 0.25) is 28.9 Å². The molecule has 47 heavy (non-hydrogen) atoms. The lowest BCUT2D eigenvalue weighted by Crippen LogP contribution is -2.47. The quantitative estimate of drug-likeness (QED) is 0.141. The van der Waals surface area contributed by atoms with Crippen molar-refractivity contribution in [2.75, 3.05) is 20.3 Å². The third-order valence-electron chi connectivity index (χ3n) is 9.16. The van der Waals surface area contributed by atoms with E-state index in [4.69, 9.17) is 49.0 Å². The van der Waals surface area contributed by atoms with Gasteiger partial charge in [-0.25, -0.2) is 32.5 Å². The second-order valence-corrected chi connectivity index (χ2v) is 12.6. The van der Waals surface area contributed by atoms with E-state index in [2.05, 4.69) is 29.9 Å².